The van der Waals surface area contributed by atoms with Gasteiger partial charge in [-0.2, -0.15) is 0 Å². The number of thioether (sulfide) groups is 1. The van der Waals surface area contributed by atoms with Gasteiger partial charge in [0.2, 0.25) is 0 Å². The predicted octanol–water partition coefficient (Wildman–Crippen LogP) is 5.68. The highest BCUT2D eigenvalue weighted by atomic mass is 32.2. The molecule has 3 heteroatoms. The molecule has 0 spiro atoms. The minimum Gasteiger partial charge on any atom is -0.335 e. The second-order valence-corrected chi connectivity index (χ2v) is 8.40. The fraction of sp³-hybridized carbons (Fsp3) is 0.381. The van der Waals surface area contributed by atoms with Crippen molar-refractivity contribution in [2.45, 2.75) is 43.4 Å². The first-order valence-electron chi connectivity index (χ1n) is 8.90. The molecule has 2 aliphatic rings. The summed E-state index contributed by atoms with van der Waals surface area (Å²) in [5.74, 6) is 0.625. The molecule has 0 bridgehead atoms. The molecule has 1 fully saturated rings. The van der Waals surface area contributed by atoms with Gasteiger partial charge in [0.1, 0.15) is 0 Å². The Morgan fingerprint density at radius 3 is 2.38 bits per heavy atom. The van der Waals surface area contributed by atoms with E-state index in [1.54, 1.807) is 0 Å². The van der Waals surface area contributed by atoms with Crippen LogP contribution in [0, 0.1) is 5.92 Å². The number of nitrogens with one attached hydrogen (secondary N) is 1. The third-order valence-electron chi connectivity index (χ3n) is 5.40. The number of anilines is 1. The van der Waals surface area contributed by atoms with Gasteiger partial charge in [0.15, 0.2) is 5.17 Å². The van der Waals surface area contributed by atoms with E-state index in [0.29, 0.717) is 12.0 Å². The normalized spacial score (nSPS) is 29.5. The smallest absolute Gasteiger partial charge is 0.162 e. The second-order valence-electron chi connectivity index (χ2n) is 6.96. The van der Waals surface area contributed by atoms with Crippen molar-refractivity contribution in [2.75, 3.05) is 5.32 Å². The first-order chi connectivity index (χ1) is 11.8. The van der Waals surface area contributed by atoms with Crippen LogP contribution < -0.4 is 5.32 Å². The van der Waals surface area contributed by atoms with E-state index >= 15 is 0 Å². The van der Waals surface area contributed by atoms with Gasteiger partial charge in [-0.25, -0.2) is 0 Å². The van der Waals surface area contributed by atoms with Gasteiger partial charge in [0, 0.05) is 11.6 Å². The Kier molecular flexibility index (Phi) is 4.36. The van der Waals surface area contributed by atoms with Crippen molar-refractivity contribution in [3.05, 3.63) is 66.2 Å². The van der Waals surface area contributed by atoms with Gasteiger partial charge in [-0.3, -0.25) is 4.99 Å². The van der Waals surface area contributed by atoms with Crippen molar-refractivity contribution in [2.24, 2.45) is 10.9 Å². The Morgan fingerprint density at radius 2 is 1.62 bits per heavy atom. The average molecular weight is 337 g/mol. The van der Waals surface area contributed by atoms with Crippen molar-refractivity contribution in [3.63, 3.8) is 0 Å². The van der Waals surface area contributed by atoms with E-state index in [4.69, 9.17) is 4.99 Å². The van der Waals surface area contributed by atoms with Crippen LogP contribution >= 0.6 is 11.8 Å². The Bertz CT molecular complexity index is 713. The lowest BCUT2D eigenvalue weighted by Crippen LogP contribution is -2.44. The average Bonchev–Trinajstić information content (AvgIpc) is 2.63. The topological polar surface area (TPSA) is 24.4 Å². The first-order valence-corrected chi connectivity index (χ1v) is 9.72. The first kappa shape index (κ1) is 15.8. The maximum Gasteiger partial charge on any atom is 0.162 e. The number of aliphatic imine (C=N–C) groups is 1. The number of hydrogen-bond acceptors (Lipinski definition) is 3. The fourth-order valence-corrected chi connectivity index (χ4v) is 5.55. The molecule has 1 aliphatic carbocycles. The third kappa shape index (κ3) is 2.98. The summed E-state index contributed by atoms with van der Waals surface area (Å²) in [6, 6.07) is 21.8. The summed E-state index contributed by atoms with van der Waals surface area (Å²) < 4.78 is 0.0885. The molecule has 124 valence electrons. The molecule has 0 saturated heterocycles. The molecule has 4 rings (SSSR count). The molecule has 2 aromatic rings. The number of para-hydroxylation sites is 1. The van der Waals surface area contributed by atoms with E-state index in [-0.39, 0.29) is 4.75 Å². The van der Waals surface area contributed by atoms with E-state index < -0.39 is 0 Å². The number of fused-ring (bicyclic) bond motifs is 1. The molecule has 1 aliphatic heterocycles. The Labute approximate surface area is 148 Å². The van der Waals surface area contributed by atoms with E-state index in [1.165, 1.54) is 31.2 Å². The molecule has 2 nitrogen and oxygen atoms in total. The summed E-state index contributed by atoms with van der Waals surface area (Å²) in [5.41, 5.74) is 2.54. The highest BCUT2D eigenvalue weighted by Crippen LogP contribution is 2.52. The van der Waals surface area contributed by atoms with Gasteiger partial charge >= 0.3 is 0 Å². The SMILES string of the molecule is CC1(c2ccccc2)SC(Nc2ccccc2)=NC2CCCCC21. The molecule has 3 unspecified atom stereocenters. The summed E-state index contributed by atoms with van der Waals surface area (Å²) in [4.78, 5) is 5.09. The standard InChI is InChI=1S/C21H24N2S/c1-21(16-10-4-2-5-11-16)18-14-8-9-15-19(18)23-20(24-21)22-17-12-6-3-7-13-17/h2-7,10-13,18-19H,8-9,14-15H2,1H3,(H,22,23). The van der Waals surface area contributed by atoms with Crippen molar-refractivity contribution >= 4 is 22.6 Å². The van der Waals surface area contributed by atoms with Crippen molar-refractivity contribution < 1.29 is 0 Å². The minimum absolute atomic E-state index is 0.0885. The molecule has 0 aromatic heterocycles. The van der Waals surface area contributed by atoms with Crippen LogP contribution in [0.4, 0.5) is 5.69 Å². The summed E-state index contributed by atoms with van der Waals surface area (Å²) in [7, 11) is 0. The van der Waals surface area contributed by atoms with Gasteiger partial charge in [-0.05, 0) is 37.5 Å². The minimum atomic E-state index is 0.0885. The van der Waals surface area contributed by atoms with Gasteiger partial charge in [-0.1, -0.05) is 73.1 Å². The molecule has 0 radical (unpaired) electrons. The quantitative estimate of drug-likeness (QED) is 0.763. The van der Waals surface area contributed by atoms with Crippen LogP contribution in [0.2, 0.25) is 0 Å². The largest absolute Gasteiger partial charge is 0.335 e. The molecule has 1 heterocycles. The molecular formula is C21H24N2S. The number of amidine groups is 1. The van der Waals surface area contributed by atoms with Crippen LogP contribution in [0.25, 0.3) is 0 Å². The van der Waals surface area contributed by atoms with Crippen LogP contribution in [-0.4, -0.2) is 11.2 Å². The zero-order valence-corrected chi connectivity index (χ0v) is 14.9. The maximum atomic E-state index is 5.09. The molecule has 0 amide bonds. The van der Waals surface area contributed by atoms with Crippen LogP contribution in [0.3, 0.4) is 0 Å². The van der Waals surface area contributed by atoms with E-state index in [2.05, 4.69) is 66.8 Å². The van der Waals surface area contributed by atoms with Gasteiger partial charge < -0.3 is 5.32 Å². The van der Waals surface area contributed by atoms with Crippen molar-refractivity contribution in [3.8, 4) is 0 Å². The Morgan fingerprint density at radius 1 is 0.958 bits per heavy atom. The zero-order valence-electron chi connectivity index (χ0n) is 14.1. The Hall–Kier alpha value is -1.74. The van der Waals surface area contributed by atoms with E-state index in [1.807, 2.05) is 17.8 Å². The van der Waals surface area contributed by atoms with Crippen LogP contribution in [0.1, 0.15) is 38.2 Å². The lowest BCUT2D eigenvalue weighted by molar-refractivity contribution is 0.251. The van der Waals surface area contributed by atoms with Gasteiger partial charge in [0.25, 0.3) is 0 Å². The van der Waals surface area contributed by atoms with E-state index in [9.17, 15) is 0 Å². The fourth-order valence-electron chi connectivity index (χ4n) is 4.11. The maximum absolute atomic E-state index is 5.09. The molecule has 2 aromatic carbocycles. The molecule has 3 atom stereocenters. The summed E-state index contributed by atoms with van der Waals surface area (Å²) in [6.07, 6.45) is 5.14. The number of rotatable bonds is 2. The molecular weight excluding hydrogens is 312 g/mol. The summed E-state index contributed by atoms with van der Waals surface area (Å²) in [6.45, 7) is 2.41. The van der Waals surface area contributed by atoms with Crippen LogP contribution in [0.5, 0.6) is 0 Å². The van der Waals surface area contributed by atoms with Crippen molar-refractivity contribution in [1.82, 2.24) is 0 Å². The van der Waals surface area contributed by atoms with Crippen LogP contribution in [0.15, 0.2) is 65.7 Å². The monoisotopic (exact) mass is 336 g/mol. The zero-order chi connectivity index (χ0) is 16.4. The lowest BCUT2D eigenvalue weighted by Gasteiger charge is -2.46. The summed E-state index contributed by atoms with van der Waals surface area (Å²) in [5, 5.41) is 4.62. The molecule has 1 N–H and O–H groups in total. The number of benzene rings is 2. The molecule has 1 saturated carbocycles. The van der Waals surface area contributed by atoms with Crippen molar-refractivity contribution in [1.29, 1.82) is 0 Å². The number of hydrogen-bond donors (Lipinski definition) is 1. The Balaban J connectivity index is 1.68. The number of nitrogens with zero attached hydrogens (tertiary/aromatic N) is 1. The highest BCUT2D eigenvalue weighted by Gasteiger charge is 2.46. The third-order valence-corrected chi connectivity index (χ3v) is 6.76. The predicted molar refractivity (Wildman–Crippen MR) is 105 cm³/mol. The van der Waals surface area contributed by atoms with E-state index in [0.717, 1.165) is 10.9 Å². The summed E-state index contributed by atoms with van der Waals surface area (Å²) >= 11 is 1.91. The lowest BCUT2D eigenvalue weighted by atomic mass is 9.74. The van der Waals surface area contributed by atoms with Crippen LogP contribution in [-0.2, 0) is 4.75 Å². The molecule has 24 heavy (non-hydrogen) atoms. The van der Waals surface area contributed by atoms with Gasteiger partial charge in [-0.15, -0.1) is 0 Å². The highest BCUT2D eigenvalue weighted by molar-refractivity contribution is 8.15. The van der Waals surface area contributed by atoms with Gasteiger partial charge in [0.05, 0.1) is 10.8 Å². The second kappa shape index (κ2) is 6.64.